The van der Waals surface area contributed by atoms with Crippen LogP contribution in [0.1, 0.15) is 27.0 Å². The number of nitrogens with two attached hydrogens (primary N) is 1. The molecule has 4 unspecified atom stereocenters. The van der Waals surface area contributed by atoms with Gasteiger partial charge in [-0.1, -0.05) is 0 Å². The highest BCUT2D eigenvalue weighted by atomic mass is 16.6. The molecule has 1 aliphatic heterocycles. The molecule has 1 aromatic rings. The Morgan fingerprint density at radius 2 is 2.09 bits per heavy atom. The highest BCUT2D eigenvalue weighted by Gasteiger charge is 2.45. The van der Waals surface area contributed by atoms with Gasteiger partial charge in [0.15, 0.2) is 6.23 Å². The van der Waals surface area contributed by atoms with Crippen molar-refractivity contribution in [2.75, 3.05) is 12.3 Å². The molecule has 4 atom stereocenters. The Morgan fingerprint density at radius 3 is 2.65 bits per heavy atom. The topological polar surface area (TPSA) is 137 Å². The Morgan fingerprint density at radius 1 is 1.43 bits per heavy atom. The van der Waals surface area contributed by atoms with E-state index in [-0.39, 0.29) is 12.4 Å². The van der Waals surface area contributed by atoms with Gasteiger partial charge in [-0.2, -0.15) is 4.98 Å². The van der Waals surface area contributed by atoms with Crippen LogP contribution in [0.4, 0.5) is 5.82 Å². The van der Waals surface area contributed by atoms with Crippen molar-refractivity contribution in [3.05, 3.63) is 22.7 Å². The van der Waals surface area contributed by atoms with Crippen LogP contribution in [-0.2, 0) is 14.3 Å². The third-order valence-electron chi connectivity index (χ3n) is 3.45. The summed E-state index contributed by atoms with van der Waals surface area (Å²) >= 11 is 0. The summed E-state index contributed by atoms with van der Waals surface area (Å²) in [6.07, 6.45) is -3.45. The number of anilines is 1. The molecule has 1 saturated heterocycles. The number of hydrogen-bond acceptors (Lipinski definition) is 8. The molecule has 128 valence electrons. The van der Waals surface area contributed by atoms with Gasteiger partial charge < -0.3 is 25.4 Å². The highest BCUT2D eigenvalue weighted by Crippen LogP contribution is 2.29. The number of nitrogen functional groups attached to an aromatic ring is 1. The Hall–Kier alpha value is -1.97. The van der Waals surface area contributed by atoms with Gasteiger partial charge in [-0.25, -0.2) is 4.79 Å². The average Bonchev–Trinajstić information content (AvgIpc) is 2.72. The molecule has 9 nitrogen and oxygen atoms in total. The van der Waals surface area contributed by atoms with Crippen molar-refractivity contribution in [3.63, 3.8) is 0 Å². The van der Waals surface area contributed by atoms with Crippen molar-refractivity contribution in [2.24, 2.45) is 5.41 Å². The van der Waals surface area contributed by atoms with Crippen molar-refractivity contribution in [2.45, 2.75) is 45.3 Å². The molecule has 0 aliphatic carbocycles. The molecule has 0 aromatic carbocycles. The largest absolute Gasteiger partial charge is 0.462 e. The molecular formula is C14H21N3O6. The SMILES string of the molecule is CC(C)(C)C(=O)OCC1OC(n2ccc(N)nc2=O)C(O)C1O. The lowest BCUT2D eigenvalue weighted by Gasteiger charge is -2.20. The standard InChI is InChI=1S/C14H21N3O6/c1-14(2,3)12(20)22-6-7-9(18)10(19)11(23-7)17-5-4-8(15)16-13(17)21/h4-5,7,9-11,18-19H,6H2,1-3H3,(H2,15,16,21). The number of nitrogens with zero attached hydrogens (tertiary/aromatic N) is 2. The van der Waals surface area contributed by atoms with Crippen molar-refractivity contribution < 1.29 is 24.5 Å². The number of esters is 1. The highest BCUT2D eigenvalue weighted by molar-refractivity contribution is 5.75. The smallest absolute Gasteiger partial charge is 0.351 e. The third kappa shape index (κ3) is 3.69. The zero-order chi connectivity index (χ0) is 17.4. The van der Waals surface area contributed by atoms with E-state index < -0.39 is 41.6 Å². The second kappa shape index (κ2) is 6.26. The summed E-state index contributed by atoms with van der Waals surface area (Å²) in [6, 6.07) is 1.37. The van der Waals surface area contributed by atoms with Crippen molar-refractivity contribution in [1.82, 2.24) is 9.55 Å². The first-order valence-electron chi connectivity index (χ1n) is 7.14. The van der Waals surface area contributed by atoms with Crippen LogP contribution in [0.2, 0.25) is 0 Å². The Balaban J connectivity index is 2.09. The van der Waals surface area contributed by atoms with E-state index in [2.05, 4.69) is 4.98 Å². The number of carbonyl (C=O) groups excluding carboxylic acids is 1. The van der Waals surface area contributed by atoms with Crippen molar-refractivity contribution >= 4 is 11.8 Å². The molecule has 1 aromatic heterocycles. The zero-order valence-corrected chi connectivity index (χ0v) is 13.2. The molecule has 9 heteroatoms. The molecule has 1 fully saturated rings. The van der Waals surface area contributed by atoms with Gasteiger partial charge in [-0.05, 0) is 26.8 Å². The quantitative estimate of drug-likeness (QED) is 0.603. The van der Waals surface area contributed by atoms with Crippen LogP contribution in [0.25, 0.3) is 0 Å². The predicted octanol–water partition coefficient (Wildman–Crippen LogP) is -0.966. The Kier molecular flexibility index (Phi) is 4.73. The lowest BCUT2D eigenvalue weighted by atomic mass is 9.97. The van der Waals surface area contributed by atoms with Gasteiger partial charge in [0, 0.05) is 6.20 Å². The van der Waals surface area contributed by atoms with Crippen LogP contribution in [0, 0.1) is 5.41 Å². The lowest BCUT2D eigenvalue weighted by Crippen LogP contribution is -2.37. The molecule has 23 heavy (non-hydrogen) atoms. The van der Waals surface area contributed by atoms with E-state index in [9.17, 15) is 19.8 Å². The molecule has 1 aliphatic rings. The summed E-state index contributed by atoms with van der Waals surface area (Å²) < 4.78 is 11.6. The van der Waals surface area contributed by atoms with Gasteiger partial charge in [-0.3, -0.25) is 9.36 Å². The number of aliphatic hydroxyl groups is 2. The molecule has 2 heterocycles. The molecule has 4 N–H and O–H groups in total. The molecular weight excluding hydrogens is 306 g/mol. The first-order chi connectivity index (χ1) is 10.6. The summed E-state index contributed by atoms with van der Waals surface area (Å²) in [6.45, 7) is 4.84. The van der Waals surface area contributed by atoms with Crippen molar-refractivity contribution in [1.29, 1.82) is 0 Å². The van der Waals surface area contributed by atoms with E-state index in [1.165, 1.54) is 12.3 Å². The van der Waals surface area contributed by atoms with Crippen LogP contribution in [0.5, 0.6) is 0 Å². The maximum Gasteiger partial charge on any atom is 0.351 e. The number of hydrogen-bond donors (Lipinski definition) is 3. The maximum atomic E-state index is 11.8. The number of aliphatic hydroxyl groups excluding tert-OH is 2. The summed E-state index contributed by atoms with van der Waals surface area (Å²) in [5.74, 6) is -0.424. The van der Waals surface area contributed by atoms with Gasteiger partial charge in [0.2, 0.25) is 0 Å². The minimum atomic E-state index is -1.36. The van der Waals surface area contributed by atoms with Crippen LogP contribution >= 0.6 is 0 Å². The number of carbonyl (C=O) groups is 1. The Labute approximate surface area is 132 Å². The number of rotatable bonds is 3. The third-order valence-corrected chi connectivity index (χ3v) is 3.45. The average molecular weight is 327 g/mol. The zero-order valence-electron chi connectivity index (χ0n) is 13.2. The van der Waals surface area contributed by atoms with Crippen LogP contribution < -0.4 is 11.4 Å². The maximum absolute atomic E-state index is 11.8. The minimum Gasteiger partial charge on any atom is -0.462 e. The first kappa shape index (κ1) is 17.4. The van der Waals surface area contributed by atoms with E-state index in [4.69, 9.17) is 15.2 Å². The normalized spacial score (nSPS) is 27.9. The lowest BCUT2D eigenvalue weighted by molar-refractivity contribution is -0.159. The summed E-state index contributed by atoms with van der Waals surface area (Å²) in [7, 11) is 0. The van der Waals surface area contributed by atoms with E-state index in [0.717, 1.165) is 4.57 Å². The first-order valence-corrected chi connectivity index (χ1v) is 7.14. The fourth-order valence-electron chi connectivity index (χ4n) is 2.09. The Bertz CT molecular complexity index is 638. The molecule has 0 radical (unpaired) electrons. The van der Waals surface area contributed by atoms with Gasteiger partial charge >= 0.3 is 11.7 Å². The van der Waals surface area contributed by atoms with Crippen LogP contribution in [-0.4, -0.2) is 50.7 Å². The molecule has 0 saturated carbocycles. The van der Waals surface area contributed by atoms with Gasteiger partial charge in [-0.15, -0.1) is 0 Å². The number of aromatic nitrogens is 2. The molecule has 0 amide bonds. The number of ether oxygens (including phenoxy) is 2. The predicted molar refractivity (Wildman–Crippen MR) is 79.2 cm³/mol. The van der Waals surface area contributed by atoms with E-state index in [1.807, 2.05) is 0 Å². The minimum absolute atomic E-state index is 0.0370. The summed E-state index contributed by atoms with van der Waals surface area (Å²) in [4.78, 5) is 27.1. The van der Waals surface area contributed by atoms with Crippen LogP contribution in [0.15, 0.2) is 17.1 Å². The fourth-order valence-corrected chi connectivity index (χ4v) is 2.09. The molecule has 2 rings (SSSR count). The fraction of sp³-hybridized carbons (Fsp3) is 0.643. The van der Waals surface area contributed by atoms with Gasteiger partial charge in [0.1, 0.15) is 30.7 Å². The monoisotopic (exact) mass is 327 g/mol. The summed E-state index contributed by atoms with van der Waals surface area (Å²) in [5.41, 5.74) is 3.99. The molecule has 0 bridgehead atoms. The second-order valence-electron chi connectivity index (χ2n) is 6.44. The van der Waals surface area contributed by atoms with Crippen LogP contribution in [0.3, 0.4) is 0 Å². The van der Waals surface area contributed by atoms with E-state index in [0.29, 0.717) is 0 Å². The summed E-state index contributed by atoms with van der Waals surface area (Å²) in [5, 5.41) is 20.1. The second-order valence-corrected chi connectivity index (χ2v) is 6.44. The van der Waals surface area contributed by atoms with Gasteiger partial charge in [0.05, 0.1) is 5.41 Å². The van der Waals surface area contributed by atoms with E-state index in [1.54, 1.807) is 20.8 Å². The van der Waals surface area contributed by atoms with E-state index >= 15 is 0 Å². The van der Waals surface area contributed by atoms with Gasteiger partial charge in [0.25, 0.3) is 0 Å². The van der Waals surface area contributed by atoms with Crippen molar-refractivity contribution in [3.8, 4) is 0 Å². The molecule has 0 spiro atoms.